The number of nitrogens with zero attached hydrogens (tertiary/aromatic N) is 1. The third-order valence-electron chi connectivity index (χ3n) is 4.44. The number of alkyl halides is 3. The van der Waals surface area contributed by atoms with Gasteiger partial charge in [0.1, 0.15) is 5.75 Å². The second kappa shape index (κ2) is 5.14. The third kappa shape index (κ3) is 2.42. The van der Waals surface area contributed by atoms with E-state index in [9.17, 15) is 22.8 Å². The molecular weight excluding hydrogens is 315 g/mol. The molecule has 1 aromatic rings. The summed E-state index contributed by atoms with van der Waals surface area (Å²) in [6, 6.07) is 4.69. The lowest BCUT2D eigenvalue weighted by Gasteiger charge is -2.27. The molecule has 124 valence electrons. The lowest BCUT2D eigenvalue weighted by molar-refractivity contribution is -0.227. The van der Waals surface area contributed by atoms with Gasteiger partial charge in [0, 0.05) is 25.1 Å². The maximum absolute atomic E-state index is 13.2. The van der Waals surface area contributed by atoms with E-state index in [4.69, 9.17) is 9.84 Å². The maximum atomic E-state index is 13.2. The Hall–Kier alpha value is -2.25. The van der Waals surface area contributed by atoms with Gasteiger partial charge in [-0.2, -0.15) is 13.2 Å². The van der Waals surface area contributed by atoms with E-state index in [-0.39, 0.29) is 12.1 Å². The van der Waals surface area contributed by atoms with Crippen molar-refractivity contribution >= 4 is 11.9 Å². The summed E-state index contributed by atoms with van der Waals surface area (Å²) in [5.74, 6) is -1.87. The molecule has 2 heterocycles. The summed E-state index contributed by atoms with van der Waals surface area (Å²) in [6.45, 7) is -0.594. The van der Waals surface area contributed by atoms with Crippen molar-refractivity contribution in [3.8, 4) is 5.75 Å². The SMILES string of the molecule is O=C(c1ccc2c(c1)CCO2)N1CCC(C(=O)O)(C(F)(F)F)C1. The third-order valence-corrected chi connectivity index (χ3v) is 4.44. The molecule has 1 saturated heterocycles. The van der Waals surface area contributed by atoms with Crippen LogP contribution in [0.15, 0.2) is 18.2 Å². The molecule has 1 unspecified atom stereocenters. The molecule has 0 aliphatic carbocycles. The van der Waals surface area contributed by atoms with Crippen LogP contribution in [0.25, 0.3) is 0 Å². The van der Waals surface area contributed by atoms with Gasteiger partial charge in [0.15, 0.2) is 5.41 Å². The Morgan fingerprint density at radius 2 is 2.04 bits per heavy atom. The Bertz CT molecular complexity index is 673. The first-order valence-electron chi connectivity index (χ1n) is 7.10. The fourth-order valence-electron chi connectivity index (χ4n) is 3.01. The van der Waals surface area contributed by atoms with E-state index < -0.39 is 36.4 Å². The van der Waals surface area contributed by atoms with E-state index in [1.54, 1.807) is 12.1 Å². The Balaban J connectivity index is 1.83. The predicted molar refractivity (Wildman–Crippen MR) is 72.3 cm³/mol. The zero-order chi connectivity index (χ0) is 16.8. The quantitative estimate of drug-likeness (QED) is 0.902. The highest BCUT2D eigenvalue weighted by Crippen LogP contribution is 2.46. The average molecular weight is 329 g/mol. The Labute approximate surface area is 129 Å². The van der Waals surface area contributed by atoms with Crippen LogP contribution in [0.2, 0.25) is 0 Å². The standard InChI is InChI=1S/C15H14F3NO4/c16-15(17,18)14(13(21)22)4-5-19(8-14)12(20)10-1-2-11-9(7-10)3-6-23-11/h1-2,7H,3-6,8H2,(H,21,22). The van der Waals surface area contributed by atoms with Gasteiger partial charge in [-0.1, -0.05) is 0 Å². The van der Waals surface area contributed by atoms with Crippen LogP contribution in [-0.2, 0) is 11.2 Å². The Morgan fingerprint density at radius 1 is 1.30 bits per heavy atom. The number of likely N-dealkylation sites (tertiary alicyclic amines) is 1. The first-order chi connectivity index (χ1) is 10.7. The molecule has 1 N–H and O–H groups in total. The van der Waals surface area contributed by atoms with Gasteiger partial charge in [-0.3, -0.25) is 9.59 Å². The fraction of sp³-hybridized carbons (Fsp3) is 0.467. The normalized spacial score (nSPS) is 23.5. The number of carbonyl (C=O) groups excluding carboxylic acids is 1. The summed E-state index contributed by atoms with van der Waals surface area (Å²) in [5.41, 5.74) is -1.81. The van der Waals surface area contributed by atoms with E-state index in [1.165, 1.54) is 6.07 Å². The van der Waals surface area contributed by atoms with Crippen LogP contribution in [0.4, 0.5) is 13.2 Å². The van der Waals surface area contributed by atoms with E-state index >= 15 is 0 Å². The van der Waals surface area contributed by atoms with E-state index in [0.29, 0.717) is 18.8 Å². The van der Waals surface area contributed by atoms with Gasteiger partial charge >= 0.3 is 12.1 Å². The highest BCUT2D eigenvalue weighted by molar-refractivity contribution is 5.95. The van der Waals surface area contributed by atoms with Crippen LogP contribution in [-0.4, -0.2) is 47.8 Å². The Kier molecular flexibility index (Phi) is 3.50. The van der Waals surface area contributed by atoms with Crippen molar-refractivity contribution in [1.82, 2.24) is 4.90 Å². The van der Waals surface area contributed by atoms with Crippen molar-refractivity contribution < 1.29 is 32.6 Å². The molecule has 5 nitrogen and oxygen atoms in total. The van der Waals surface area contributed by atoms with E-state index in [2.05, 4.69) is 0 Å². The lowest BCUT2D eigenvalue weighted by Crippen LogP contribution is -2.47. The molecule has 0 saturated carbocycles. The summed E-state index contributed by atoms with van der Waals surface area (Å²) >= 11 is 0. The molecule has 1 fully saturated rings. The van der Waals surface area contributed by atoms with Crippen molar-refractivity contribution in [2.24, 2.45) is 5.41 Å². The summed E-state index contributed by atoms with van der Waals surface area (Å²) in [6.07, 6.45) is -4.90. The minimum Gasteiger partial charge on any atom is -0.493 e. The first-order valence-corrected chi connectivity index (χ1v) is 7.10. The van der Waals surface area contributed by atoms with Gasteiger partial charge in [-0.05, 0) is 30.2 Å². The molecule has 2 aliphatic heterocycles. The van der Waals surface area contributed by atoms with Crippen molar-refractivity contribution in [2.75, 3.05) is 19.7 Å². The number of carboxylic acids is 1. The molecule has 0 bridgehead atoms. The molecule has 0 aromatic heterocycles. The molecule has 8 heteroatoms. The van der Waals surface area contributed by atoms with Crippen molar-refractivity contribution in [2.45, 2.75) is 19.0 Å². The van der Waals surface area contributed by atoms with E-state index in [1.807, 2.05) is 0 Å². The number of halogens is 3. The first kappa shape index (κ1) is 15.6. The zero-order valence-electron chi connectivity index (χ0n) is 12.0. The van der Waals surface area contributed by atoms with Gasteiger partial charge in [-0.15, -0.1) is 0 Å². The fourth-order valence-corrected chi connectivity index (χ4v) is 3.01. The summed E-state index contributed by atoms with van der Waals surface area (Å²) in [7, 11) is 0. The van der Waals surface area contributed by atoms with Crippen molar-refractivity contribution in [1.29, 1.82) is 0 Å². The molecule has 1 amide bonds. The number of hydrogen-bond acceptors (Lipinski definition) is 3. The number of amides is 1. The number of carbonyl (C=O) groups is 2. The molecule has 0 spiro atoms. The highest BCUT2D eigenvalue weighted by Gasteiger charge is 2.64. The summed E-state index contributed by atoms with van der Waals surface area (Å²) < 4.78 is 44.8. The minimum absolute atomic E-state index is 0.238. The number of aliphatic carboxylic acids is 1. The lowest BCUT2D eigenvalue weighted by atomic mass is 9.86. The van der Waals surface area contributed by atoms with Crippen LogP contribution in [0.3, 0.4) is 0 Å². The summed E-state index contributed by atoms with van der Waals surface area (Å²) in [4.78, 5) is 24.5. The molecule has 3 rings (SSSR count). The zero-order valence-corrected chi connectivity index (χ0v) is 12.0. The minimum atomic E-state index is -4.90. The van der Waals surface area contributed by atoms with E-state index in [0.717, 1.165) is 10.5 Å². The van der Waals surface area contributed by atoms with Crippen LogP contribution >= 0.6 is 0 Å². The van der Waals surface area contributed by atoms with Crippen LogP contribution in [0.1, 0.15) is 22.3 Å². The number of ether oxygens (including phenoxy) is 1. The van der Waals surface area contributed by atoms with Crippen LogP contribution < -0.4 is 4.74 Å². The van der Waals surface area contributed by atoms with Crippen molar-refractivity contribution in [3.05, 3.63) is 29.3 Å². The van der Waals surface area contributed by atoms with Gasteiger partial charge in [0.2, 0.25) is 0 Å². The monoisotopic (exact) mass is 329 g/mol. The number of rotatable bonds is 2. The van der Waals surface area contributed by atoms with Gasteiger partial charge < -0.3 is 14.7 Å². The summed E-state index contributed by atoms with van der Waals surface area (Å²) in [5, 5.41) is 9.02. The van der Waals surface area contributed by atoms with Gasteiger partial charge in [0.05, 0.1) is 6.61 Å². The topological polar surface area (TPSA) is 66.8 Å². The predicted octanol–water partition coefficient (Wildman–Crippen LogP) is 2.10. The largest absolute Gasteiger partial charge is 0.493 e. The smallest absolute Gasteiger partial charge is 0.406 e. The molecule has 23 heavy (non-hydrogen) atoms. The number of benzene rings is 1. The Morgan fingerprint density at radius 3 is 2.65 bits per heavy atom. The van der Waals surface area contributed by atoms with Gasteiger partial charge in [-0.25, -0.2) is 0 Å². The second-order valence-corrected chi connectivity index (χ2v) is 5.78. The van der Waals surface area contributed by atoms with Crippen molar-refractivity contribution in [3.63, 3.8) is 0 Å². The number of carboxylic acid groups (broad SMARTS) is 1. The van der Waals surface area contributed by atoms with Gasteiger partial charge in [0.25, 0.3) is 5.91 Å². The maximum Gasteiger partial charge on any atom is 0.406 e. The second-order valence-electron chi connectivity index (χ2n) is 5.78. The number of hydrogen-bond donors (Lipinski definition) is 1. The number of fused-ring (bicyclic) bond motifs is 1. The van der Waals surface area contributed by atoms with Crippen LogP contribution in [0, 0.1) is 5.41 Å². The molecule has 1 aromatic carbocycles. The molecule has 1 atom stereocenters. The highest BCUT2D eigenvalue weighted by atomic mass is 19.4. The molecule has 0 radical (unpaired) electrons. The molecular formula is C15H14F3NO4. The average Bonchev–Trinajstić information content (AvgIpc) is 3.12. The van der Waals surface area contributed by atoms with Crippen LogP contribution in [0.5, 0.6) is 5.75 Å². The molecule has 2 aliphatic rings.